The molecule has 25 heavy (non-hydrogen) atoms. The van der Waals surface area contributed by atoms with Crippen LogP contribution >= 0.6 is 0 Å². The maximum absolute atomic E-state index is 12.4. The number of benzene rings is 1. The normalized spacial score (nSPS) is 15.4. The van der Waals surface area contributed by atoms with Gasteiger partial charge in [-0.25, -0.2) is 4.98 Å². The molecule has 1 aliphatic heterocycles. The molecule has 1 saturated heterocycles. The molecule has 3 rings (SSSR count). The molecule has 7 nitrogen and oxygen atoms in total. The fraction of sp³-hybridized carbons (Fsp3) is 0.444. The Morgan fingerprint density at radius 3 is 2.64 bits per heavy atom. The molecule has 2 heterocycles. The van der Waals surface area contributed by atoms with E-state index in [1.165, 1.54) is 10.9 Å². The Morgan fingerprint density at radius 1 is 1.20 bits per heavy atom. The van der Waals surface area contributed by atoms with Crippen LogP contribution in [-0.2, 0) is 16.1 Å². The lowest BCUT2D eigenvalue weighted by atomic mass is 9.93. The number of carboxylic acids is 1. The SMILES string of the molecule is O=C(O)CC1CCN(C(=O)CCn2cnc3ccccc3c2=O)CC1. The number of carboxylic acid groups (broad SMARTS) is 1. The molecule has 1 N–H and O–H groups in total. The van der Waals surface area contributed by atoms with Gasteiger partial charge in [0.1, 0.15) is 0 Å². The van der Waals surface area contributed by atoms with E-state index >= 15 is 0 Å². The van der Waals surface area contributed by atoms with Crippen molar-refractivity contribution in [3.05, 3.63) is 40.9 Å². The second kappa shape index (κ2) is 7.46. The molecule has 1 amide bonds. The summed E-state index contributed by atoms with van der Waals surface area (Å²) in [6, 6.07) is 7.14. The molecular weight excluding hydrogens is 322 g/mol. The van der Waals surface area contributed by atoms with Crippen molar-refractivity contribution in [1.29, 1.82) is 0 Å². The molecule has 132 valence electrons. The third kappa shape index (κ3) is 4.04. The minimum absolute atomic E-state index is 0.00571. The smallest absolute Gasteiger partial charge is 0.303 e. The lowest BCUT2D eigenvalue weighted by Crippen LogP contribution is -2.39. The van der Waals surface area contributed by atoms with Gasteiger partial charge in [0.2, 0.25) is 5.91 Å². The maximum atomic E-state index is 12.4. The number of amides is 1. The predicted octanol–water partition coefficient (Wildman–Crippen LogP) is 1.50. The van der Waals surface area contributed by atoms with Crippen LogP contribution < -0.4 is 5.56 Å². The van der Waals surface area contributed by atoms with Crippen molar-refractivity contribution < 1.29 is 14.7 Å². The molecule has 0 radical (unpaired) electrons. The van der Waals surface area contributed by atoms with E-state index in [4.69, 9.17) is 5.11 Å². The van der Waals surface area contributed by atoms with Crippen molar-refractivity contribution in [3.63, 3.8) is 0 Å². The third-order valence-electron chi connectivity index (χ3n) is 4.73. The standard InChI is InChI=1S/C18H21N3O4/c22-16(20-8-5-13(6-9-20)11-17(23)24)7-10-21-12-19-15-4-2-1-3-14(15)18(21)25/h1-4,12-13H,5-11H2,(H,23,24). The molecule has 2 aromatic rings. The summed E-state index contributed by atoms with van der Waals surface area (Å²) in [6.07, 6.45) is 3.33. The van der Waals surface area contributed by atoms with Gasteiger partial charge in [-0.15, -0.1) is 0 Å². The molecule has 1 aliphatic rings. The number of rotatable bonds is 5. The first-order valence-corrected chi connectivity index (χ1v) is 8.48. The Bertz CT molecular complexity index is 838. The largest absolute Gasteiger partial charge is 0.481 e. The predicted molar refractivity (Wildman–Crippen MR) is 92.2 cm³/mol. The van der Waals surface area contributed by atoms with Crippen LogP contribution in [0.5, 0.6) is 0 Å². The maximum Gasteiger partial charge on any atom is 0.303 e. The fourth-order valence-corrected chi connectivity index (χ4v) is 3.27. The first-order chi connectivity index (χ1) is 12.0. The number of fused-ring (bicyclic) bond motifs is 1. The van der Waals surface area contributed by atoms with Crippen LogP contribution in [0.1, 0.15) is 25.7 Å². The number of aliphatic carboxylic acids is 1. The molecule has 1 fully saturated rings. The van der Waals surface area contributed by atoms with Crippen molar-refractivity contribution in [2.24, 2.45) is 5.92 Å². The highest BCUT2D eigenvalue weighted by Gasteiger charge is 2.24. The summed E-state index contributed by atoms with van der Waals surface area (Å²) in [5.41, 5.74) is 0.508. The van der Waals surface area contributed by atoms with E-state index in [2.05, 4.69) is 4.98 Å². The lowest BCUT2D eigenvalue weighted by molar-refractivity contribution is -0.138. The van der Waals surface area contributed by atoms with Gasteiger partial charge < -0.3 is 10.0 Å². The Kier molecular flexibility index (Phi) is 5.11. The second-order valence-corrected chi connectivity index (χ2v) is 6.43. The zero-order valence-electron chi connectivity index (χ0n) is 13.9. The first kappa shape index (κ1) is 17.1. The minimum Gasteiger partial charge on any atom is -0.481 e. The summed E-state index contributed by atoms with van der Waals surface area (Å²) in [6.45, 7) is 1.47. The van der Waals surface area contributed by atoms with Crippen LogP contribution in [-0.4, -0.2) is 44.5 Å². The van der Waals surface area contributed by atoms with Gasteiger partial charge in [0.25, 0.3) is 5.56 Å². The van der Waals surface area contributed by atoms with Crippen molar-refractivity contribution >= 4 is 22.8 Å². The minimum atomic E-state index is -0.784. The van der Waals surface area contributed by atoms with Crippen molar-refractivity contribution in [3.8, 4) is 0 Å². The molecule has 1 aromatic heterocycles. The highest BCUT2D eigenvalue weighted by molar-refractivity contribution is 5.77. The lowest BCUT2D eigenvalue weighted by Gasteiger charge is -2.31. The summed E-state index contributed by atoms with van der Waals surface area (Å²) < 4.78 is 1.47. The number of carbonyl (C=O) groups excluding carboxylic acids is 1. The van der Waals surface area contributed by atoms with Crippen LogP contribution in [0.4, 0.5) is 0 Å². The van der Waals surface area contributed by atoms with Gasteiger partial charge in [-0.05, 0) is 30.9 Å². The first-order valence-electron chi connectivity index (χ1n) is 8.48. The number of nitrogens with zero attached hydrogens (tertiary/aromatic N) is 3. The van der Waals surface area contributed by atoms with Crippen LogP contribution in [0.15, 0.2) is 35.4 Å². The zero-order chi connectivity index (χ0) is 17.8. The van der Waals surface area contributed by atoms with E-state index in [-0.39, 0.29) is 30.2 Å². The number of aromatic nitrogens is 2. The summed E-state index contributed by atoms with van der Waals surface area (Å²) >= 11 is 0. The van der Waals surface area contributed by atoms with Gasteiger partial charge >= 0.3 is 5.97 Å². The molecule has 0 aliphatic carbocycles. The van der Waals surface area contributed by atoms with Crippen LogP contribution in [0.3, 0.4) is 0 Å². The van der Waals surface area contributed by atoms with E-state index in [9.17, 15) is 14.4 Å². The monoisotopic (exact) mass is 343 g/mol. The van der Waals surface area contributed by atoms with E-state index in [0.29, 0.717) is 30.5 Å². The van der Waals surface area contributed by atoms with E-state index in [0.717, 1.165) is 12.8 Å². The number of hydrogen-bond donors (Lipinski definition) is 1. The number of para-hydroxylation sites is 1. The number of piperidine rings is 1. The highest BCUT2D eigenvalue weighted by atomic mass is 16.4. The number of likely N-dealkylation sites (tertiary alicyclic amines) is 1. The van der Waals surface area contributed by atoms with E-state index in [1.54, 1.807) is 23.1 Å². The van der Waals surface area contributed by atoms with Gasteiger partial charge in [0.15, 0.2) is 0 Å². The van der Waals surface area contributed by atoms with Gasteiger partial charge in [0, 0.05) is 32.5 Å². The highest BCUT2D eigenvalue weighted by Crippen LogP contribution is 2.21. The Morgan fingerprint density at radius 2 is 1.92 bits per heavy atom. The molecule has 0 unspecified atom stereocenters. The summed E-state index contributed by atoms with van der Waals surface area (Å²) in [5.74, 6) is -0.643. The summed E-state index contributed by atoms with van der Waals surface area (Å²) in [7, 11) is 0. The topological polar surface area (TPSA) is 92.5 Å². The van der Waals surface area contributed by atoms with Gasteiger partial charge in [-0.3, -0.25) is 19.0 Å². The number of carbonyl (C=O) groups is 2. The average molecular weight is 343 g/mol. The average Bonchev–Trinajstić information content (AvgIpc) is 2.61. The van der Waals surface area contributed by atoms with Crippen LogP contribution in [0.25, 0.3) is 10.9 Å². The molecule has 0 saturated carbocycles. The zero-order valence-corrected chi connectivity index (χ0v) is 13.9. The molecule has 7 heteroatoms. The summed E-state index contributed by atoms with van der Waals surface area (Å²) in [4.78, 5) is 41.5. The van der Waals surface area contributed by atoms with Gasteiger partial charge in [0.05, 0.1) is 17.2 Å². The molecule has 0 spiro atoms. The van der Waals surface area contributed by atoms with Crippen molar-refractivity contribution in [2.45, 2.75) is 32.2 Å². The van der Waals surface area contributed by atoms with Crippen molar-refractivity contribution in [2.75, 3.05) is 13.1 Å². The van der Waals surface area contributed by atoms with E-state index in [1.807, 2.05) is 6.07 Å². The van der Waals surface area contributed by atoms with Gasteiger partial charge in [-0.1, -0.05) is 12.1 Å². The fourth-order valence-electron chi connectivity index (χ4n) is 3.27. The van der Waals surface area contributed by atoms with Crippen LogP contribution in [0.2, 0.25) is 0 Å². The number of aryl methyl sites for hydroxylation is 1. The number of hydrogen-bond acceptors (Lipinski definition) is 4. The molecule has 0 atom stereocenters. The molecule has 0 bridgehead atoms. The van der Waals surface area contributed by atoms with Gasteiger partial charge in [-0.2, -0.15) is 0 Å². The van der Waals surface area contributed by atoms with Crippen molar-refractivity contribution in [1.82, 2.24) is 14.5 Å². The molecular formula is C18H21N3O4. The van der Waals surface area contributed by atoms with Crippen LogP contribution in [0, 0.1) is 5.92 Å². The Hall–Kier alpha value is -2.70. The molecule has 1 aromatic carbocycles. The second-order valence-electron chi connectivity index (χ2n) is 6.43. The van der Waals surface area contributed by atoms with E-state index < -0.39 is 5.97 Å². The third-order valence-corrected chi connectivity index (χ3v) is 4.73. The quantitative estimate of drug-likeness (QED) is 0.888. The Labute approximate surface area is 144 Å². The summed E-state index contributed by atoms with van der Waals surface area (Å²) in [5, 5.41) is 9.38. The Balaban J connectivity index is 1.57.